The van der Waals surface area contributed by atoms with Gasteiger partial charge >= 0.3 is 0 Å². The fraction of sp³-hybridized carbons (Fsp3) is 0.692. The smallest absolute Gasteiger partial charge is 0.0776 e. The summed E-state index contributed by atoms with van der Waals surface area (Å²) in [4.78, 5) is 0. The van der Waals surface area contributed by atoms with Crippen molar-refractivity contribution in [1.82, 2.24) is 0 Å². The molecule has 0 spiro atoms. The molecule has 0 bridgehead atoms. The molecule has 1 N–H and O–H groups in total. The maximum atomic E-state index is 9.07. The predicted molar refractivity (Wildman–Crippen MR) is 63.2 cm³/mol. The number of allylic oxidation sites excluding steroid dienone is 1. The van der Waals surface area contributed by atoms with Gasteiger partial charge in [0, 0.05) is 5.92 Å². The molecule has 0 aromatic rings. The molecule has 0 aromatic heterocycles. The molecule has 3 nitrogen and oxygen atoms in total. The van der Waals surface area contributed by atoms with E-state index in [2.05, 4.69) is 18.7 Å². The van der Waals surface area contributed by atoms with Gasteiger partial charge < -0.3 is 5.11 Å². The van der Waals surface area contributed by atoms with Crippen molar-refractivity contribution in [3.63, 3.8) is 0 Å². The van der Waals surface area contributed by atoms with Crippen LogP contribution in [0.25, 0.3) is 0 Å². The first kappa shape index (κ1) is 14.7. The summed E-state index contributed by atoms with van der Waals surface area (Å²) in [5.41, 5.74) is -0.701. The second kappa shape index (κ2) is 7.91. The molecule has 0 amide bonds. The van der Waals surface area contributed by atoms with E-state index in [4.69, 9.17) is 15.6 Å². The minimum atomic E-state index is -0.701. The Kier molecular flexibility index (Phi) is 7.25. The lowest BCUT2D eigenvalue weighted by molar-refractivity contribution is 0.174. The van der Waals surface area contributed by atoms with E-state index in [1.807, 2.05) is 6.08 Å². The molecule has 0 saturated heterocycles. The monoisotopic (exact) mass is 220 g/mol. The van der Waals surface area contributed by atoms with E-state index in [0.29, 0.717) is 12.8 Å². The van der Waals surface area contributed by atoms with Crippen LogP contribution in [0.5, 0.6) is 0 Å². The van der Waals surface area contributed by atoms with Crippen LogP contribution in [0.15, 0.2) is 12.7 Å². The molecule has 0 heterocycles. The van der Waals surface area contributed by atoms with Gasteiger partial charge in [-0.25, -0.2) is 0 Å². The number of aliphatic hydroxyl groups excluding tert-OH is 1. The lowest BCUT2D eigenvalue weighted by Gasteiger charge is -2.19. The molecular weight excluding hydrogens is 200 g/mol. The average Bonchev–Trinajstić information content (AvgIpc) is 2.33. The highest BCUT2D eigenvalue weighted by atomic mass is 16.3. The third kappa shape index (κ3) is 5.53. The first-order valence-corrected chi connectivity index (χ1v) is 5.64. The van der Waals surface area contributed by atoms with E-state index in [9.17, 15) is 0 Å². The molecular formula is C13H20N2O. The zero-order valence-corrected chi connectivity index (χ0v) is 9.95. The van der Waals surface area contributed by atoms with Crippen LogP contribution in [0.4, 0.5) is 0 Å². The van der Waals surface area contributed by atoms with Gasteiger partial charge in [-0.1, -0.05) is 6.08 Å². The fourth-order valence-electron chi connectivity index (χ4n) is 1.45. The van der Waals surface area contributed by atoms with Crippen LogP contribution >= 0.6 is 0 Å². The van der Waals surface area contributed by atoms with Crippen LogP contribution < -0.4 is 0 Å². The lowest BCUT2D eigenvalue weighted by atomic mass is 9.84. The summed E-state index contributed by atoms with van der Waals surface area (Å²) in [6, 6.07) is 4.36. The van der Waals surface area contributed by atoms with E-state index < -0.39 is 5.41 Å². The van der Waals surface area contributed by atoms with Crippen LogP contribution in [-0.2, 0) is 0 Å². The van der Waals surface area contributed by atoms with Gasteiger partial charge in [0.05, 0.1) is 24.2 Å². The highest BCUT2D eigenvalue weighted by Crippen LogP contribution is 2.25. The van der Waals surface area contributed by atoms with E-state index >= 15 is 0 Å². The number of unbranched alkanes of at least 4 members (excludes halogenated alkanes) is 1. The summed E-state index contributed by atoms with van der Waals surface area (Å²) in [7, 11) is 0. The minimum Gasteiger partial charge on any atom is -0.395 e. The fourth-order valence-corrected chi connectivity index (χ4v) is 1.45. The third-order valence-electron chi connectivity index (χ3n) is 2.81. The summed E-state index contributed by atoms with van der Waals surface area (Å²) in [6.07, 6.45) is 5.83. The first-order chi connectivity index (χ1) is 7.61. The van der Waals surface area contributed by atoms with Crippen molar-refractivity contribution >= 4 is 0 Å². The first-order valence-electron chi connectivity index (χ1n) is 5.64. The standard InChI is InChI=1S/C13H20N2O/c1-3-4-5-6-12(9-14)7-8-13(2,10-15)11-16/h3,12,16H,1,4-8,11H2,2H3. The maximum Gasteiger partial charge on any atom is 0.0776 e. The van der Waals surface area contributed by atoms with E-state index in [1.54, 1.807) is 6.92 Å². The van der Waals surface area contributed by atoms with Gasteiger partial charge in [-0.2, -0.15) is 10.5 Å². The number of hydrogen-bond acceptors (Lipinski definition) is 3. The lowest BCUT2D eigenvalue weighted by Crippen LogP contribution is -2.20. The van der Waals surface area contributed by atoms with E-state index in [1.165, 1.54) is 0 Å². The molecule has 0 aliphatic heterocycles. The van der Waals surface area contributed by atoms with Crippen molar-refractivity contribution < 1.29 is 5.11 Å². The largest absolute Gasteiger partial charge is 0.395 e. The molecule has 0 aromatic carbocycles. The van der Waals surface area contributed by atoms with Gasteiger partial charge in [-0.3, -0.25) is 0 Å². The van der Waals surface area contributed by atoms with Gasteiger partial charge in [-0.15, -0.1) is 6.58 Å². The summed E-state index contributed by atoms with van der Waals surface area (Å²) in [5.74, 6) is -0.0147. The molecule has 0 rings (SSSR count). The zero-order valence-electron chi connectivity index (χ0n) is 9.95. The quantitative estimate of drug-likeness (QED) is 0.505. The average molecular weight is 220 g/mol. The van der Waals surface area contributed by atoms with Crippen molar-refractivity contribution in [1.29, 1.82) is 10.5 Å². The Morgan fingerprint density at radius 2 is 2.12 bits per heavy atom. The molecule has 0 saturated carbocycles. The highest BCUT2D eigenvalue weighted by Gasteiger charge is 2.24. The SMILES string of the molecule is C=CCCCC(C#N)CCC(C)(C#N)CO. The molecule has 3 heteroatoms. The van der Waals surface area contributed by atoms with Crippen LogP contribution in [0.1, 0.15) is 39.0 Å². The zero-order chi connectivity index (χ0) is 12.4. The van der Waals surface area contributed by atoms with Gasteiger partial charge in [0.1, 0.15) is 0 Å². The molecule has 0 aliphatic carbocycles. The predicted octanol–water partition coefficient (Wildman–Crippen LogP) is 2.78. The summed E-state index contributed by atoms with van der Waals surface area (Å²) in [5, 5.41) is 26.9. The van der Waals surface area contributed by atoms with E-state index in [-0.39, 0.29) is 12.5 Å². The van der Waals surface area contributed by atoms with E-state index in [0.717, 1.165) is 19.3 Å². The summed E-state index contributed by atoms with van der Waals surface area (Å²) in [6.45, 7) is 5.22. The number of nitrogens with zero attached hydrogens (tertiary/aromatic N) is 2. The second-order valence-electron chi connectivity index (χ2n) is 4.41. The Bertz CT molecular complexity index is 287. The highest BCUT2D eigenvalue weighted by molar-refractivity contribution is 4.96. The molecule has 88 valence electrons. The minimum absolute atomic E-state index is 0.0147. The Morgan fingerprint density at radius 1 is 1.44 bits per heavy atom. The van der Waals surface area contributed by atoms with Crippen molar-refractivity contribution in [3.8, 4) is 12.1 Å². The molecule has 0 radical (unpaired) electrons. The Balaban J connectivity index is 4.01. The molecule has 0 aliphatic rings. The molecule has 16 heavy (non-hydrogen) atoms. The molecule has 0 fully saturated rings. The Morgan fingerprint density at radius 3 is 2.56 bits per heavy atom. The topological polar surface area (TPSA) is 67.8 Å². The van der Waals surface area contributed by atoms with Gasteiger partial charge in [0.25, 0.3) is 0 Å². The van der Waals surface area contributed by atoms with Crippen molar-refractivity contribution in [3.05, 3.63) is 12.7 Å². The Labute approximate surface area is 98.0 Å². The number of nitriles is 2. The van der Waals surface area contributed by atoms with Gasteiger partial charge in [0.15, 0.2) is 0 Å². The maximum absolute atomic E-state index is 9.07. The van der Waals surface area contributed by atoms with Crippen LogP contribution in [-0.4, -0.2) is 11.7 Å². The van der Waals surface area contributed by atoms with Gasteiger partial charge in [0.2, 0.25) is 0 Å². The molecule has 2 unspecified atom stereocenters. The molecule has 2 atom stereocenters. The third-order valence-corrected chi connectivity index (χ3v) is 2.81. The normalized spacial score (nSPS) is 15.5. The number of aliphatic hydroxyl groups is 1. The Hall–Kier alpha value is -1.32. The van der Waals surface area contributed by atoms with Crippen LogP contribution in [0, 0.1) is 34.0 Å². The van der Waals surface area contributed by atoms with Gasteiger partial charge in [-0.05, 0) is 39.0 Å². The number of hydrogen-bond donors (Lipinski definition) is 1. The summed E-state index contributed by atoms with van der Waals surface area (Å²) >= 11 is 0. The second-order valence-corrected chi connectivity index (χ2v) is 4.41. The van der Waals surface area contributed by atoms with Crippen LogP contribution in [0.3, 0.4) is 0 Å². The summed E-state index contributed by atoms with van der Waals surface area (Å²) < 4.78 is 0. The van der Waals surface area contributed by atoms with Crippen molar-refractivity contribution in [2.45, 2.75) is 39.0 Å². The number of rotatable bonds is 8. The van der Waals surface area contributed by atoms with Crippen molar-refractivity contribution in [2.24, 2.45) is 11.3 Å². The van der Waals surface area contributed by atoms with Crippen molar-refractivity contribution in [2.75, 3.05) is 6.61 Å². The van der Waals surface area contributed by atoms with Crippen LogP contribution in [0.2, 0.25) is 0 Å².